The van der Waals surface area contributed by atoms with Crippen molar-refractivity contribution >= 4 is 44.4 Å². The molecule has 354 valence electrons. The molecule has 3 aromatic heterocycles. The summed E-state index contributed by atoms with van der Waals surface area (Å²) in [6, 6.07) is 40.9. The van der Waals surface area contributed by atoms with Gasteiger partial charge >= 0.3 is 19.5 Å². The molecule has 4 aromatic carbocycles. The van der Waals surface area contributed by atoms with Crippen molar-refractivity contribution in [1.29, 1.82) is 0 Å². The van der Waals surface area contributed by atoms with Gasteiger partial charge in [-0.25, -0.2) is 9.97 Å². The van der Waals surface area contributed by atoms with E-state index in [1.54, 1.807) is 0 Å². The van der Waals surface area contributed by atoms with E-state index in [0.29, 0.717) is 0 Å². The van der Waals surface area contributed by atoms with Crippen LogP contribution in [0, 0.1) is 47.4 Å². The molecule has 73 heavy (non-hydrogen) atoms. The van der Waals surface area contributed by atoms with Crippen LogP contribution in [0.25, 0.3) is 44.4 Å². The van der Waals surface area contributed by atoms with E-state index in [1.165, 1.54) is 0 Å². The molecule has 9 rings (SSSR count). The molecule has 0 unspecified atom stereocenters. The molecule has 0 saturated carbocycles. The van der Waals surface area contributed by atoms with Gasteiger partial charge in [0.15, 0.2) is 0 Å². The van der Waals surface area contributed by atoms with E-state index < -0.39 is 0 Å². The number of hydrogen-bond acceptors (Lipinski definition) is 2. The number of aromatic nitrogens is 4. The van der Waals surface area contributed by atoms with Crippen LogP contribution in [0.4, 0.5) is 0 Å². The van der Waals surface area contributed by atoms with Gasteiger partial charge in [0, 0.05) is 33.4 Å². The van der Waals surface area contributed by atoms with E-state index in [1.807, 2.05) is 72.8 Å². The Balaban J connectivity index is 0.00000711. The van der Waals surface area contributed by atoms with Gasteiger partial charge in [-0.3, -0.25) is 0 Å². The largest absolute Gasteiger partial charge is 2.00 e. The average Bonchev–Trinajstić information content (AvgIpc) is 4.20. The molecule has 0 amide bonds. The van der Waals surface area contributed by atoms with E-state index >= 15 is 0 Å². The minimum atomic E-state index is 0. The fourth-order valence-corrected chi connectivity index (χ4v) is 10.4. The van der Waals surface area contributed by atoms with Gasteiger partial charge in [-0.15, -0.1) is 22.1 Å². The Morgan fingerprint density at radius 2 is 0.521 bits per heavy atom. The van der Waals surface area contributed by atoms with Gasteiger partial charge in [0.25, 0.3) is 0 Å². The predicted octanol–water partition coefficient (Wildman–Crippen LogP) is 14.9. The molecule has 5 heteroatoms. The first-order chi connectivity index (χ1) is 35.4. The Morgan fingerprint density at radius 1 is 0.288 bits per heavy atom. The van der Waals surface area contributed by atoms with Crippen LogP contribution in [-0.4, -0.2) is 9.97 Å². The maximum atomic E-state index is 5.81. The Labute approximate surface area is 446 Å². The van der Waals surface area contributed by atoms with Gasteiger partial charge in [-0.1, -0.05) is 198 Å². The van der Waals surface area contributed by atoms with Crippen molar-refractivity contribution in [3.63, 3.8) is 0 Å². The third kappa shape index (κ3) is 10.2. The van der Waals surface area contributed by atoms with Gasteiger partial charge in [-0.2, -0.15) is 0 Å². The van der Waals surface area contributed by atoms with Crippen molar-refractivity contribution in [3.05, 3.63) is 211 Å². The summed E-state index contributed by atoms with van der Waals surface area (Å²) in [7, 11) is 0. The summed E-state index contributed by atoms with van der Waals surface area (Å²) in [5, 5.41) is 0. The van der Waals surface area contributed by atoms with E-state index in [0.717, 1.165) is 185 Å². The number of rotatable bonds is 8. The molecule has 0 aliphatic carbocycles. The van der Waals surface area contributed by atoms with Crippen LogP contribution in [-0.2, 0) is 45.2 Å². The number of benzene rings is 4. The standard InChI is InChI=1S/C68H60N4.Zn/c1-9-49-50(10-2)62-58(42-38-46-31-23-18-24-32-46)64-53(13-5)54(14-6)66(71-64)60(44-40-48-35-27-20-28-36-48)68-56(16-8)55(15-7)67(72-68)59(43-39-47-33-25-19-26-34-47)65-52(12-4)51(11-3)63(70-65)57(61(49)69-62)41-37-45-29-21-17-22-30-45;/h17-36H,9-16H2,1-8H3;/q-2;+2. The molecule has 2 aliphatic rings. The molecule has 5 heterocycles. The Kier molecular flexibility index (Phi) is 16.8. The number of nitrogens with zero attached hydrogens (tertiary/aromatic N) is 4. The van der Waals surface area contributed by atoms with Gasteiger partial charge in [-0.05, 0) is 128 Å². The molecular formula is C68H60N4Zn. The van der Waals surface area contributed by atoms with E-state index in [4.69, 9.17) is 19.9 Å². The van der Waals surface area contributed by atoms with Crippen LogP contribution < -0.4 is 9.97 Å². The molecule has 0 N–H and O–H groups in total. The van der Waals surface area contributed by atoms with Crippen LogP contribution in [0.5, 0.6) is 0 Å². The molecule has 7 aromatic rings. The SMILES string of the molecule is CCC1=C(CC)c2nc1c(C#Cc1ccccc1)c1nc(c(C#Cc3ccccc3)c3[n-]c(c(CC)c3CC)c(C#Cc3ccccc3)c3[n-]c(c2C#Cc2ccccc2)c(CC)c3CC)C(CC)=C1CC.[Zn+2]. The monoisotopic (exact) mass is 996 g/mol. The van der Waals surface area contributed by atoms with Gasteiger partial charge < -0.3 is 9.97 Å². The summed E-state index contributed by atoms with van der Waals surface area (Å²) in [6.45, 7) is 17.8. The summed E-state index contributed by atoms with van der Waals surface area (Å²) in [4.78, 5) is 23.3. The topological polar surface area (TPSA) is 54.0 Å². The van der Waals surface area contributed by atoms with E-state index in [2.05, 4.69) is 151 Å². The van der Waals surface area contributed by atoms with Crippen molar-refractivity contribution in [3.8, 4) is 47.4 Å². The number of fused-ring (bicyclic) bond motifs is 8. The second kappa shape index (κ2) is 23.7. The molecule has 0 atom stereocenters. The third-order valence-electron chi connectivity index (χ3n) is 13.8. The van der Waals surface area contributed by atoms with Crippen LogP contribution in [0.3, 0.4) is 0 Å². The predicted molar refractivity (Wildman–Crippen MR) is 301 cm³/mol. The normalized spacial score (nSPS) is 11.6. The maximum Gasteiger partial charge on any atom is 2.00 e. The second-order valence-electron chi connectivity index (χ2n) is 17.9. The zero-order valence-electron chi connectivity index (χ0n) is 43.7. The van der Waals surface area contributed by atoms with Gasteiger partial charge in [0.2, 0.25) is 0 Å². The Morgan fingerprint density at radius 3 is 0.781 bits per heavy atom. The van der Waals surface area contributed by atoms with Crippen LogP contribution >= 0.6 is 0 Å². The zero-order chi connectivity index (χ0) is 50.1. The Hall–Kier alpha value is -7.66. The molecule has 2 aliphatic heterocycles. The molecular weight excluding hydrogens is 938 g/mol. The Bertz CT molecular complexity index is 3520. The van der Waals surface area contributed by atoms with Crippen molar-refractivity contribution in [2.75, 3.05) is 0 Å². The summed E-state index contributed by atoms with van der Waals surface area (Å²) in [6.07, 6.45) is 5.92. The first-order valence-electron chi connectivity index (χ1n) is 25.9. The zero-order valence-corrected chi connectivity index (χ0v) is 46.7. The maximum absolute atomic E-state index is 5.81. The smallest absolute Gasteiger partial charge is 0.655 e. The fourth-order valence-electron chi connectivity index (χ4n) is 10.4. The number of hydrogen-bond donors (Lipinski definition) is 0. The minimum Gasteiger partial charge on any atom is -0.655 e. The molecule has 0 spiro atoms. The van der Waals surface area contributed by atoms with E-state index in [-0.39, 0.29) is 19.5 Å². The molecule has 4 nitrogen and oxygen atoms in total. The van der Waals surface area contributed by atoms with Crippen LogP contribution in [0.15, 0.2) is 121 Å². The minimum absolute atomic E-state index is 0. The molecule has 0 saturated heterocycles. The quantitative estimate of drug-likeness (QED) is 0.112. The molecule has 0 fully saturated rings. The third-order valence-corrected chi connectivity index (χ3v) is 13.8. The summed E-state index contributed by atoms with van der Waals surface area (Å²) < 4.78 is 0. The first-order valence-corrected chi connectivity index (χ1v) is 25.9. The van der Waals surface area contributed by atoms with E-state index in [9.17, 15) is 0 Å². The number of aryl methyl sites for hydroxylation is 4. The summed E-state index contributed by atoms with van der Waals surface area (Å²) in [5.41, 5.74) is 22.8. The first kappa shape index (κ1) is 51.7. The van der Waals surface area contributed by atoms with Crippen molar-refractivity contribution in [2.24, 2.45) is 0 Å². The second-order valence-corrected chi connectivity index (χ2v) is 17.9. The van der Waals surface area contributed by atoms with Crippen LogP contribution in [0.2, 0.25) is 0 Å². The molecule has 0 radical (unpaired) electrons. The van der Waals surface area contributed by atoms with Crippen molar-refractivity contribution < 1.29 is 19.5 Å². The number of allylic oxidation sites excluding steroid dienone is 4. The molecule has 8 bridgehead atoms. The van der Waals surface area contributed by atoms with Crippen LogP contribution in [0.1, 0.15) is 171 Å². The fraction of sp³-hybridized carbons (Fsp3) is 0.235. The van der Waals surface area contributed by atoms with Crippen molar-refractivity contribution in [2.45, 2.75) is 107 Å². The van der Waals surface area contributed by atoms with Gasteiger partial charge in [0.05, 0.1) is 28.3 Å². The van der Waals surface area contributed by atoms with Crippen molar-refractivity contribution in [1.82, 2.24) is 19.9 Å². The average molecular weight is 999 g/mol. The van der Waals surface area contributed by atoms with Gasteiger partial charge in [0.1, 0.15) is 0 Å². The summed E-state index contributed by atoms with van der Waals surface area (Å²) >= 11 is 0. The summed E-state index contributed by atoms with van der Waals surface area (Å²) in [5.74, 6) is 29.3.